The van der Waals surface area contributed by atoms with Crippen molar-refractivity contribution in [3.8, 4) is 0 Å². The Hall–Kier alpha value is -1.92. The van der Waals surface area contributed by atoms with Gasteiger partial charge in [0.1, 0.15) is 0 Å². The third-order valence-electron chi connectivity index (χ3n) is 2.41. The van der Waals surface area contributed by atoms with Crippen molar-refractivity contribution in [1.82, 2.24) is 9.97 Å². The number of aromatic amines is 1. The Kier molecular flexibility index (Phi) is 2.36. The molecule has 1 aliphatic rings. The summed E-state index contributed by atoms with van der Waals surface area (Å²) in [6.45, 7) is 1.69. The summed E-state index contributed by atoms with van der Waals surface area (Å²) in [6, 6.07) is 0. The number of hydrogen-bond acceptors (Lipinski definition) is 6. The molecule has 0 aromatic carbocycles. The number of nitrogens with one attached hydrogen (secondary N) is 1. The van der Waals surface area contributed by atoms with Gasteiger partial charge in [-0.05, 0) is 18.0 Å². The first-order chi connectivity index (χ1) is 7.22. The molecule has 2 rings (SSSR count). The SMILES string of the molecule is Nc1nc(N2CCCC2)[nH]c(=O)c1N=O. The Morgan fingerprint density at radius 2 is 2.07 bits per heavy atom. The third-order valence-corrected chi connectivity index (χ3v) is 2.41. The molecule has 0 unspecified atom stereocenters. The summed E-state index contributed by atoms with van der Waals surface area (Å²) >= 11 is 0. The van der Waals surface area contributed by atoms with E-state index in [2.05, 4.69) is 15.1 Å². The molecule has 15 heavy (non-hydrogen) atoms. The van der Waals surface area contributed by atoms with Crippen LogP contribution >= 0.6 is 0 Å². The molecular formula is C8H11N5O2. The van der Waals surface area contributed by atoms with E-state index in [9.17, 15) is 9.70 Å². The van der Waals surface area contributed by atoms with Crippen LogP contribution < -0.4 is 16.2 Å². The second-order valence-electron chi connectivity index (χ2n) is 3.41. The first-order valence-corrected chi connectivity index (χ1v) is 4.70. The summed E-state index contributed by atoms with van der Waals surface area (Å²) in [7, 11) is 0. The molecule has 1 saturated heterocycles. The van der Waals surface area contributed by atoms with Gasteiger partial charge < -0.3 is 10.6 Å². The van der Waals surface area contributed by atoms with Crippen LogP contribution in [0.3, 0.4) is 0 Å². The van der Waals surface area contributed by atoms with Gasteiger partial charge >= 0.3 is 0 Å². The lowest BCUT2D eigenvalue weighted by atomic mass is 10.4. The highest BCUT2D eigenvalue weighted by molar-refractivity contribution is 5.58. The maximum atomic E-state index is 11.4. The largest absolute Gasteiger partial charge is 0.382 e. The van der Waals surface area contributed by atoms with Crippen molar-refractivity contribution in [2.45, 2.75) is 12.8 Å². The Balaban J connectivity index is 2.42. The molecule has 80 valence electrons. The van der Waals surface area contributed by atoms with Crippen LogP contribution in [0.4, 0.5) is 17.5 Å². The number of H-pyrrole nitrogens is 1. The highest BCUT2D eigenvalue weighted by Gasteiger charge is 2.17. The van der Waals surface area contributed by atoms with Gasteiger partial charge in [-0.2, -0.15) is 4.98 Å². The summed E-state index contributed by atoms with van der Waals surface area (Å²) in [5.74, 6) is 0.304. The predicted octanol–water partition coefficient (Wildman–Crippen LogP) is 0.350. The number of aromatic nitrogens is 2. The minimum absolute atomic E-state index is 0.115. The lowest BCUT2D eigenvalue weighted by Crippen LogP contribution is -2.24. The van der Waals surface area contributed by atoms with Gasteiger partial charge in [-0.3, -0.25) is 9.78 Å². The number of nitrogens with two attached hydrogens (primary N) is 1. The van der Waals surface area contributed by atoms with E-state index in [4.69, 9.17) is 5.73 Å². The zero-order valence-corrected chi connectivity index (χ0v) is 8.06. The smallest absolute Gasteiger partial charge is 0.284 e. The van der Waals surface area contributed by atoms with Crippen LogP contribution in [0.15, 0.2) is 9.97 Å². The Bertz CT molecular complexity index is 435. The fourth-order valence-corrected chi connectivity index (χ4v) is 1.64. The number of nitroso groups, excluding NO2 is 1. The fraction of sp³-hybridized carbons (Fsp3) is 0.500. The van der Waals surface area contributed by atoms with Crippen molar-refractivity contribution in [3.63, 3.8) is 0 Å². The summed E-state index contributed by atoms with van der Waals surface area (Å²) in [5.41, 5.74) is 4.52. The van der Waals surface area contributed by atoms with Gasteiger partial charge in [-0.25, -0.2) is 0 Å². The van der Waals surface area contributed by atoms with Gasteiger partial charge in [-0.15, -0.1) is 4.91 Å². The molecule has 0 spiro atoms. The number of rotatable bonds is 2. The first kappa shape index (κ1) is 9.63. The maximum Gasteiger partial charge on any atom is 0.284 e. The molecule has 0 saturated carbocycles. The van der Waals surface area contributed by atoms with Crippen molar-refractivity contribution < 1.29 is 0 Å². The van der Waals surface area contributed by atoms with Crippen LogP contribution in [0.5, 0.6) is 0 Å². The summed E-state index contributed by atoms with van der Waals surface area (Å²) in [5, 5.41) is 2.54. The molecule has 0 radical (unpaired) electrons. The molecule has 2 heterocycles. The monoisotopic (exact) mass is 209 g/mol. The minimum atomic E-state index is -0.584. The summed E-state index contributed by atoms with van der Waals surface area (Å²) < 4.78 is 0. The van der Waals surface area contributed by atoms with Gasteiger partial charge in [0.25, 0.3) is 5.56 Å². The Labute approximate surface area is 85.3 Å². The average molecular weight is 209 g/mol. The molecule has 0 bridgehead atoms. The Morgan fingerprint density at radius 1 is 1.40 bits per heavy atom. The highest BCUT2D eigenvalue weighted by Crippen LogP contribution is 2.19. The Morgan fingerprint density at radius 3 is 2.60 bits per heavy atom. The van der Waals surface area contributed by atoms with E-state index >= 15 is 0 Å². The molecule has 1 aliphatic heterocycles. The molecule has 0 amide bonds. The van der Waals surface area contributed by atoms with Gasteiger partial charge in [0.15, 0.2) is 5.82 Å². The van der Waals surface area contributed by atoms with Crippen LogP contribution in [0.2, 0.25) is 0 Å². The average Bonchev–Trinajstić information content (AvgIpc) is 2.69. The maximum absolute atomic E-state index is 11.4. The molecule has 1 aromatic heterocycles. The molecule has 1 aromatic rings. The van der Waals surface area contributed by atoms with E-state index in [-0.39, 0.29) is 11.5 Å². The molecular weight excluding hydrogens is 198 g/mol. The van der Waals surface area contributed by atoms with E-state index in [1.165, 1.54) is 0 Å². The number of anilines is 2. The molecule has 3 N–H and O–H groups in total. The second-order valence-corrected chi connectivity index (χ2v) is 3.41. The lowest BCUT2D eigenvalue weighted by Gasteiger charge is -2.15. The van der Waals surface area contributed by atoms with Gasteiger partial charge in [0, 0.05) is 13.1 Å². The molecule has 7 heteroatoms. The molecule has 0 atom stereocenters. The van der Waals surface area contributed by atoms with E-state index in [0.717, 1.165) is 25.9 Å². The van der Waals surface area contributed by atoms with Crippen LogP contribution in [-0.2, 0) is 0 Å². The molecule has 0 aliphatic carbocycles. The van der Waals surface area contributed by atoms with Crippen molar-refractivity contribution in [2.24, 2.45) is 5.18 Å². The van der Waals surface area contributed by atoms with Gasteiger partial charge in [0.2, 0.25) is 11.6 Å². The molecule has 7 nitrogen and oxygen atoms in total. The van der Waals surface area contributed by atoms with Gasteiger partial charge in [0.05, 0.1) is 0 Å². The fourth-order valence-electron chi connectivity index (χ4n) is 1.64. The topological polar surface area (TPSA) is 104 Å². The van der Waals surface area contributed by atoms with E-state index in [1.54, 1.807) is 0 Å². The highest BCUT2D eigenvalue weighted by atomic mass is 16.3. The van der Waals surface area contributed by atoms with Crippen molar-refractivity contribution in [2.75, 3.05) is 23.7 Å². The summed E-state index contributed by atoms with van der Waals surface area (Å²) in [4.78, 5) is 30.0. The number of hydrogen-bond donors (Lipinski definition) is 2. The molecule has 1 fully saturated rings. The number of nitrogens with zero attached hydrogens (tertiary/aromatic N) is 3. The predicted molar refractivity (Wildman–Crippen MR) is 56.2 cm³/mol. The van der Waals surface area contributed by atoms with E-state index in [0.29, 0.717) is 5.95 Å². The zero-order valence-electron chi connectivity index (χ0n) is 8.06. The van der Waals surface area contributed by atoms with E-state index in [1.807, 2.05) is 4.90 Å². The second kappa shape index (κ2) is 3.68. The van der Waals surface area contributed by atoms with E-state index < -0.39 is 5.56 Å². The number of nitrogen functional groups attached to an aromatic ring is 1. The van der Waals surface area contributed by atoms with Crippen LogP contribution in [-0.4, -0.2) is 23.1 Å². The van der Waals surface area contributed by atoms with Gasteiger partial charge in [-0.1, -0.05) is 0 Å². The lowest BCUT2D eigenvalue weighted by molar-refractivity contribution is 0.892. The van der Waals surface area contributed by atoms with Crippen LogP contribution in [0.1, 0.15) is 12.8 Å². The van der Waals surface area contributed by atoms with Crippen molar-refractivity contribution in [3.05, 3.63) is 15.3 Å². The van der Waals surface area contributed by atoms with Crippen LogP contribution in [0.25, 0.3) is 0 Å². The van der Waals surface area contributed by atoms with Crippen molar-refractivity contribution >= 4 is 17.5 Å². The standard InChI is InChI=1S/C8H11N5O2/c9-6-5(12-15)7(14)11-8(10-6)13-3-1-2-4-13/h1-4H2,(H3,9,10,11,14). The quantitative estimate of drug-likeness (QED) is 0.684. The first-order valence-electron chi connectivity index (χ1n) is 4.70. The zero-order chi connectivity index (χ0) is 10.8. The normalized spacial score (nSPS) is 15.6. The minimum Gasteiger partial charge on any atom is -0.382 e. The third kappa shape index (κ3) is 1.67. The van der Waals surface area contributed by atoms with Crippen molar-refractivity contribution in [1.29, 1.82) is 0 Å². The summed E-state index contributed by atoms with van der Waals surface area (Å²) in [6.07, 6.45) is 2.13. The van der Waals surface area contributed by atoms with Crippen LogP contribution in [0, 0.1) is 4.91 Å².